The molecule has 6 rings (SSSR count). The lowest BCUT2D eigenvalue weighted by Gasteiger charge is -2.26. The van der Waals surface area contributed by atoms with Crippen molar-refractivity contribution in [2.24, 2.45) is 0 Å². The van der Waals surface area contributed by atoms with Crippen molar-refractivity contribution in [1.29, 1.82) is 0 Å². The fraction of sp³-hybridized carbons (Fsp3) is 0.344. The molecule has 3 heterocycles. The number of pyridine rings is 1. The van der Waals surface area contributed by atoms with Gasteiger partial charge in [0.2, 0.25) is 0 Å². The number of aromatic nitrogens is 3. The van der Waals surface area contributed by atoms with E-state index in [0.717, 1.165) is 62.7 Å². The van der Waals surface area contributed by atoms with Crippen molar-refractivity contribution in [2.45, 2.75) is 57.5 Å². The van der Waals surface area contributed by atoms with Crippen LogP contribution in [0.1, 0.15) is 71.5 Å². The predicted molar refractivity (Wildman–Crippen MR) is 160 cm³/mol. The van der Waals surface area contributed by atoms with E-state index in [1.165, 1.54) is 42.6 Å². The summed E-state index contributed by atoms with van der Waals surface area (Å²) in [6.45, 7) is 2.25. The Balaban J connectivity index is 1.25. The number of halogens is 2. The number of carboxylic acids is 1. The highest BCUT2D eigenvalue weighted by Crippen LogP contribution is 2.31. The monoisotopic (exact) mass is 602 g/mol. The molecule has 1 saturated carbocycles. The van der Waals surface area contributed by atoms with Crippen LogP contribution in [0.3, 0.4) is 0 Å². The minimum absolute atomic E-state index is 0.00409. The first-order valence-corrected chi connectivity index (χ1v) is 14.8. The van der Waals surface area contributed by atoms with Crippen LogP contribution in [0.4, 0.5) is 19.3 Å². The summed E-state index contributed by atoms with van der Waals surface area (Å²) in [7, 11) is 0. The lowest BCUT2D eigenvalue weighted by Crippen LogP contribution is -2.33. The van der Waals surface area contributed by atoms with Crippen LogP contribution in [0.25, 0.3) is 22.0 Å². The van der Waals surface area contributed by atoms with Gasteiger partial charge >= 0.3 is 12.0 Å². The van der Waals surface area contributed by atoms with Crippen LogP contribution < -0.4 is 10.6 Å². The van der Waals surface area contributed by atoms with E-state index in [0.29, 0.717) is 12.1 Å². The largest absolute Gasteiger partial charge is 0.476 e. The van der Waals surface area contributed by atoms with Gasteiger partial charge < -0.3 is 15.7 Å². The van der Waals surface area contributed by atoms with Crippen molar-refractivity contribution in [2.75, 3.05) is 18.4 Å². The number of nitrogens with zero attached hydrogens (tertiary/aromatic N) is 4. The number of carboxylic acid groups (broad SMARTS) is 1. The maximum absolute atomic E-state index is 15.0. The fourth-order valence-corrected chi connectivity index (χ4v) is 6.03. The van der Waals surface area contributed by atoms with E-state index in [1.807, 2.05) is 0 Å². The highest BCUT2D eigenvalue weighted by molar-refractivity contribution is 6.06. The van der Waals surface area contributed by atoms with Gasteiger partial charge in [-0.15, -0.1) is 0 Å². The molecule has 3 N–H and O–H groups in total. The number of nitrogens with one attached hydrogen (secondary N) is 2. The first kappa shape index (κ1) is 29.4. The van der Waals surface area contributed by atoms with Crippen LogP contribution in [-0.4, -0.2) is 61.8 Å². The van der Waals surface area contributed by atoms with Crippen LogP contribution in [0.15, 0.2) is 48.7 Å². The van der Waals surface area contributed by atoms with E-state index >= 15 is 4.39 Å². The molecule has 10 nitrogen and oxygen atoms in total. The average Bonchev–Trinajstić information content (AvgIpc) is 3.67. The van der Waals surface area contributed by atoms with Gasteiger partial charge in [-0.05, 0) is 86.3 Å². The second kappa shape index (κ2) is 12.5. The molecular formula is C32H32F2N6O4. The zero-order valence-electron chi connectivity index (χ0n) is 24.0. The number of rotatable bonds is 7. The molecular weight excluding hydrogens is 570 g/mol. The summed E-state index contributed by atoms with van der Waals surface area (Å²) in [6, 6.07) is 9.51. The first-order valence-electron chi connectivity index (χ1n) is 14.8. The van der Waals surface area contributed by atoms with E-state index in [-0.39, 0.29) is 45.4 Å². The van der Waals surface area contributed by atoms with Gasteiger partial charge in [-0.1, -0.05) is 25.3 Å². The average molecular weight is 603 g/mol. The van der Waals surface area contributed by atoms with Gasteiger partial charge in [0.05, 0.1) is 17.4 Å². The van der Waals surface area contributed by atoms with Gasteiger partial charge in [0.25, 0.3) is 5.91 Å². The third kappa shape index (κ3) is 6.16. The van der Waals surface area contributed by atoms with Crippen LogP contribution in [-0.2, 0) is 6.54 Å². The number of piperidine rings is 1. The van der Waals surface area contributed by atoms with Crippen LogP contribution in [0.5, 0.6) is 0 Å². The zero-order valence-corrected chi connectivity index (χ0v) is 24.0. The molecule has 0 spiro atoms. The van der Waals surface area contributed by atoms with Gasteiger partial charge in [0.1, 0.15) is 5.69 Å². The van der Waals surface area contributed by atoms with Crippen LogP contribution in [0, 0.1) is 11.6 Å². The molecule has 0 bridgehead atoms. The zero-order chi connectivity index (χ0) is 30.8. The van der Waals surface area contributed by atoms with Crippen molar-refractivity contribution < 1.29 is 28.3 Å². The quantitative estimate of drug-likeness (QED) is 0.243. The number of benzene rings is 2. The molecule has 2 amide bonds. The third-order valence-corrected chi connectivity index (χ3v) is 8.27. The standard InChI is InChI=1S/C32H32F2N6O4/c33-25-15-19(18-39-12-4-1-5-13-39)14-23(28(25)34)20-8-11-27-24(16-20)29(31(42)43)38-40(27)32(44)37-22-9-10-26(35-17-22)30(41)36-21-6-2-3-7-21/h8-11,14-17,21H,1-7,12-13,18H2,(H,36,41)(H,37,44)(H,42,43). The van der Waals surface area contributed by atoms with Crippen LogP contribution in [0.2, 0.25) is 0 Å². The summed E-state index contributed by atoms with van der Waals surface area (Å²) in [5, 5.41) is 19.5. The molecule has 2 aliphatic rings. The summed E-state index contributed by atoms with van der Waals surface area (Å²) in [5.74, 6) is -3.70. The summed E-state index contributed by atoms with van der Waals surface area (Å²) >= 11 is 0. The number of anilines is 1. The minimum atomic E-state index is -1.39. The molecule has 2 aromatic carbocycles. The highest BCUT2D eigenvalue weighted by Gasteiger charge is 2.23. The number of carbonyl (C=O) groups excluding carboxylic acids is 2. The number of likely N-dealkylation sites (tertiary alicyclic amines) is 1. The maximum Gasteiger partial charge on any atom is 0.357 e. The van der Waals surface area contributed by atoms with Crippen LogP contribution >= 0.6 is 0 Å². The maximum atomic E-state index is 15.0. The summed E-state index contributed by atoms with van der Waals surface area (Å²) in [6.07, 6.45) is 8.64. The van der Waals surface area contributed by atoms with Gasteiger partial charge in [-0.25, -0.2) is 23.4 Å². The summed E-state index contributed by atoms with van der Waals surface area (Å²) in [5.41, 5.74) is 1.10. The molecule has 12 heteroatoms. The van der Waals surface area contributed by atoms with E-state index in [9.17, 15) is 23.9 Å². The summed E-state index contributed by atoms with van der Waals surface area (Å²) in [4.78, 5) is 44.1. The number of fused-ring (bicyclic) bond motifs is 1. The predicted octanol–water partition coefficient (Wildman–Crippen LogP) is 5.81. The number of hydrogen-bond donors (Lipinski definition) is 3. The lowest BCUT2D eigenvalue weighted by atomic mass is 9.99. The van der Waals surface area contributed by atoms with Crippen molar-refractivity contribution in [1.82, 2.24) is 25.0 Å². The second-order valence-electron chi connectivity index (χ2n) is 11.4. The number of hydrogen-bond acceptors (Lipinski definition) is 6. The van der Waals surface area contributed by atoms with Gasteiger partial charge in [0.15, 0.2) is 17.3 Å². The molecule has 0 atom stereocenters. The molecule has 2 fully saturated rings. The molecule has 1 aliphatic carbocycles. The first-order chi connectivity index (χ1) is 21.3. The molecule has 1 aliphatic heterocycles. The number of aromatic carboxylic acids is 1. The molecule has 4 aromatic rings. The number of carbonyl (C=O) groups is 3. The Hall–Kier alpha value is -4.71. The fourth-order valence-electron chi connectivity index (χ4n) is 6.03. The number of amides is 2. The molecule has 0 unspecified atom stereocenters. The normalized spacial score (nSPS) is 15.9. The van der Waals surface area contributed by atoms with Crippen molar-refractivity contribution in [3.05, 3.63) is 77.2 Å². The molecule has 1 saturated heterocycles. The topological polar surface area (TPSA) is 129 Å². The minimum Gasteiger partial charge on any atom is -0.476 e. The van der Waals surface area contributed by atoms with Gasteiger partial charge in [-0.2, -0.15) is 9.78 Å². The molecule has 2 aromatic heterocycles. The van der Waals surface area contributed by atoms with Crippen molar-refractivity contribution >= 4 is 34.5 Å². The Labute approximate surface area is 252 Å². The van der Waals surface area contributed by atoms with Gasteiger partial charge in [-0.3, -0.25) is 9.69 Å². The van der Waals surface area contributed by atoms with Crippen molar-refractivity contribution in [3.8, 4) is 11.1 Å². The Bertz CT molecular complexity index is 1730. The Morgan fingerprint density at radius 2 is 1.73 bits per heavy atom. The van der Waals surface area contributed by atoms with E-state index in [4.69, 9.17) is 0 Å². The Kier molecular flexibility index (Phi) is 8.34. The molecule has 44 heavy (non-hydrogen) atoms. The molecule has 0 radical (unpaired) electrons. The van der Waals surface area contributed by atoms with Gasteiger partial charge in [0, 0.05) is 23.5 Å². The smallest absolute Gasteiger partial charge is 0.357 e. The SMILES string of the molecule is O=C(NC1CCCC1)c1ccc(NC(=O)n2nc(C(=O)O)c3cc(-c4cc(CN5CCCCC5)cc(F)c4F)ccc32)cn1. The van der Waals surface area contributed by atoms with E-state index < -0.39 is 29.3 Å². The highest BCUT2D eigenvalue weighted by atomic mass is 19.2. The Morgan fingerprint density at radius 1 is 0.955 bits per heavy atom. The van der Waals surface area contributed by atoms with E-state index in [2.05, 4.69) is 25.6 Å². The third-order valence-electron chi connectivity index (χ3n) is 8.27. The van der Waals surface area contributed by atoms with E-state index in [1.54, 1.807) is 6.07 Å². The Morgan fingerprint density at radius 3 is 2.43 bits per heavy atom. The molecule has 228 valence electrons. The lowest BCUT2D eigenvalue weighted by molar-refractivity contribution is 0.0691. The van der Waals surface area contributed by atoms with Crippen molar-refractivity contribution in [3.63, 3.8) is 0 Å². The summed E-state index contributed by atoms with van der Waals surface area (Å²) < 4.78 is 30.6. The second-order valence-corrected chi connectivity index (χ2v) is 11.4.